The molecule has 0 radical (unpaired) electrons. The maximum absolute atomic E-state index is 12.3. The molecule has 27 heavy (non-hydrogen) atoms. The van der Waals surface area contributed by atoms with E-state index in [1.54, 1.807) is 4.90 Å². The third kappa shape index (κ3) is 7.07. The lowest BCUT2D eigenvalue weighted by atomic mass is 9.83. The highest BCUT2D eigenvalue weighted by atomic mass is 127. The second-order valence-electron chi connectivity index (χ2n) is 8.19. The highest BCUT2D eigenvalue weighted by molar-refractivity contribution is 14.0. The van der Waals surface area contributed by atoms with Crippen LogP contribution in [0.3, 0.4) is 0 Å². The fraction of sp³-hybridized carbons (Fsp3) is 0.900. The summed E-state index contributed by atoms with van der Waals surface area (Å²) in [5.41, 5.74) is 0.465. The topological polar surface area (TPSA) is 60.0 Å². The van der Waals surface area contributed by atoms with Gasteiger partial charge in [-0.15, -0.1) is 24.0 Å². The maximum atomic E-state index is 12.3. The van der Waals surface area contributed by atoms with Gasteiger partial charge in [0, 0.05) is 40.8 Å². The molecule has 7 heteroatoms. The molecule has 2 rings (SSSR count). The molecule has 0 aromatic carbocycles. The van der Waals surface area contributed by atoms with E-state index in [0.717, 1.165) is 51.4 Å². The number of likely N-dealkylation sites (N-methyl/N-ethyl adjacent to an activating group) is 1. The van der Waals surface area contributed by atoms with Crippen molar-refractivity contribution in [1.29, 1.82) is 0 Å². The van der Waals surface area contributed by atoms with Crippen LogP contribution in [0.2, 0.25) is 0 Å². The number of nitrogens with zero attached hydrogens (tertiary/aromatic N) is 3. The summed E-state index contributed by atoms with van der Waals surface area (Å²) < 4.78 is 0. The number of carbonyl (C=O) groups excluding carboxylic acids is 1. The minimum absolute atomic E-state index is 0. The second kappa shape index (κ2) is 12.1. The third-order valence-electron chi connectivity index (χ3n) is 6.27. The Balaban J connectivity index is 0.00000364. The van der Waals surface area contributed by atoms with Crippen molar-refractivity contribution in [2.24, 2.45) is 10.4 Å². The van der Waals surface area contributed by atoms with Gasteiger partial charge in [0.1, 0.15) is 0 Å². The lowest BCUT2D eigenvalue weighted by Crippen LogP contribution is -2.45. The number of aliphatic imine (C=N–C) groups is 1. The molecule has 0 aromatic heterocycles. The molecule has 2 fully saturated rings. The van der Waals surface area contributed by atoms with Crippen LogP contribution >= 0.6 is 24.0 Å². The molecule has 1 atom stereocenters. The molecule has 6 nitrogen and oxygen atoms in total. The Morgan fingerprint density at radius 2 is 1.93 bits per heavy atom. The van der Waals surface area contributed by atoms with Gasteiger partial charge in [0.05, 0.1) is 6.04 Å². The first kappa shape index (κ1) is 24.5. The van der Waals surface area contributed by atoms with Crippen molar-refractivity contribution in [1.82, 2.24) is 20.4 Å². The molecule has 1 amide bonds. The SMILES string of the molecule is CCC1(CNC(=NC)NCCCN2CCCC2C(=O)N(C)C)CCCC1.I. The van der Waals surface area contributed by atoms with Gasteiger partial charge in [0.15, 0.2) is 5.96 Å². The minimum Gasteiger partial charge on any atom is -0.356 e. The molecule has 1 heterocycles. The Labute approximate surface area is 182 Å². The molecule has 1 aliphatic heterocycles. The molecule has 2 aliphatic rings. The number of halogens is 1. The smallest absolute Gasteiger partial charge is 0.239 e. The number of nitrogens with one attached hydrogen (secondary N) is 2. The van der Waals surface area contributed by atoms with Crippen LogP contribution in [0, 0.1) is 5.41 Å². The largest absolute Gasteiger partial charge is 0.356 e. The Bertz CT molecular complexity index is 477. The van der Waals surface area contributed by atoms with Crippen molar-refractivity contribution in [2.45, 2.75) is 64.3 Å². The van der Waals surface area contributed by atoms with Crippen LogP contribution in [0.5, 0.6) is 0 Å². The summed E-state index contributed by atoms with van der Waals surface area (Å²) in [4.78, 5) is 20.7. The van der Waals surface area contributed by atoms with Crippen LogP contribution in [0.15, 0.2) is 4.99 Å². The highest BCUT2D eigenvalue weighted by Crippen LogP contribution is 2.40. The second-order valence-corrected chi connectivity index (χ2v) is 8.19. The van der Waals surface area contributed by atoms with Crippen LogP contribution in [-0.2, 0) is 4.79 Å². The van der Waals surface area contributed by atoms with Crippen molar-refractivity contribution in [3.05, 3.63) is 0 Å². The van der Waals surface area contributed by atoms with Crippen LogP contribution < -0.4 is 10.6 Å². The number of guanidine groups is 1. The summed E-state index contributed by atoms with van der Waals surface area (Å²) in [6, 6.07) is 0.0780. The van der Waals surface area contributed by atoms with E-state index in [-0.39, 0.29) is 35.9 Å². The average molecular weight is 493 g/mol. The molecule has 0 aromatic rings. The van der Waals surface area contributed by atoms with Crippen molar-refractivity contribution < 1.29 is 4.79 Å². The summed E-state index contributed by atoms with van der Waals surface area (Å²) >= 11 is 0. The van der Waals surface area contributed by atoms with Gasteiger partial charge >= 0.3 is 0 Å². The summed E-state index contributed by atoms with van der Waals surface area (Å²) in [5.74, 6) is 1.15. The van der Waals surface area contributed by atoms with Crippen LogP contribution in [0.25, 0.3) is 0 Å². The normalized spacial score (nSPS) is 22.4. The van der Waals surface area contributed by atoms with Gasteiger partial charge in [0.25, 0.3) is 0 Å². The molecule has 1 saturated heterocycles. The van der Waals surface area contributed by atoms with E-state index in [4.69, 9.17) is 0 Å². The lowest BCUT2D eigenvalue weighted by Gasteiger charge is -2.29. The van der Waals surface area contributed by atoms with E-state index in [0.29, 0.717) is 5.41 Å². The van der Waals surface area contributed by atoms with Gasteiger partial charge in [-0.2, -0.15) is 0 Å². The number of amides is 1. The summed E-state index contributed by atoms with van der Waals surface area (Å²) in [7, 11) is 5.54. The zero-order chi connectivity index (χ0) is 19.0. The van der Waals surface area contributed by atoms with E-state index >= 15 is 0 Å². The van der Waals surface area contributed by atoms with Crippen LogP contribution in [0.4, 0.5) is 0 Å². The van der Waals surface area contributed by atoms with Gasteiger partial charge in [-0.25, -0.2) is 0 Å². The van der Waals surface area contributed by atoms with Gasteiger partial charge in [0.2, 0.25) is 5.91 Å². The van der Waals surface area contributed by atoms with E-state index in [2.05, 4.69) is 27.4 Å². The molecular formula is C20H40IN5O. The Hall–Kier alpha value is -0.570. The van der Waals surface area contributed by atoms with Gasteiger partial charge in [-0.05, 0) is 50.5 Å². The Morgan fingerprint density at radius 3 is 2.52 bits per heavy atom. The molecule has 0 spiro atoms. The number of hydrogen-bond acceptors (Lipinski definition) is 3. The Kier molecular flexibility index (Phi) is 11.0. The molecular weight excluding hydrogens is 453 g/mol. The zero-order valence-electron chi connectivity index (χ0n) is 17.7. The fourth-order valence-electron chi connectivity index (χ4n) is 4.43. The molecule has 1 aliphatic carbocycles. The monoisotopic (exact) mass is 493 g/mol. The van der Waals surface area contributed by atoms with Crippen LogP contribution in [0.1, 0.15) is 58.3 Å². The van der Waals surface area contributed by atoms with Crippen molar-refractivity contribution in [3.8, 4) is 0 Å². The molecule has 158 valence electrons. The summed E-state index contributed by atoms with van der Waals surface area (Å²) in [6.07, 6.45) is 9.79. The molecule has 1 unspecified atom stereocenters. The quantitative estimate of drug-likeness (QED) is 0.236. The molecule has 1 saturated carbocycles. The van der Waals surface area contributed by atoms with E-state index in [1.807, 2.05) is 21.1 Å². The van der Waals surface area contributed by atoms with E-state index < -0.39 is 0 Å². The van der Waals surface area contributed by atoms with Crippen molar-refractivity contribution >= 4 is 35.8 Å². The molecule has 0 bridgehead atoms. The Morgan fingerprint density at radius 1 is 1.22 bits per heavy atom. The number of hydrogen-bond donors (Lipinski definition) is 2. The van der Waals surface area contributed by atoms with E-state index in [9.17, 15) is 4.79 Å². The fourth-order valence-corrected chi connectivity index (χ4v) is 4.43. The standard InChI is InChI=1S/C20H39N5O.HI/c1-5-20(11-6-7-12-20)16-23-19(21-2)22-13-9-15-25-14-8-10-17(25)18(26)24(3)4;/h17H,5-16H2,1-4H3,(H2,21,22,23);1H. The maximum Gasteiger partial charge on any atom is 0.239 e. The third-order valence-corrected chi connectivity index (χ3v) is 6.27. The number of carbonyl (C=O) groups is 1. The van der Waals surface area contributed by atoms with Gasteiger partial charge < -0.3 is 15.5 Å². The van der Waals surface area contributed by atoms with Gasteiger partial charge in [-0.3, -0.25) is 14.7 Å². The van der Waals surface area contributed by atoms with Crippen molar-refractivity contribution in [3.63, 3.8) is 0 Å². The summed E-state index contributed by atoms with van der Waals surface area (Å²) in [6.45, 7) is 6.22. The summed E-state index contributed by atoms with van der Waals surface area (Å²) in [5, 5.41) is 6.98. The first-order chi connectivity index (χ1) is 12.5. The minimum atomic E-state index is 0. The molecule has 2 N–H and O–H groups in total. The van der Waals surface area contributed by atoms with Crippen molar-refractivity contribution in [2.75, 3.05) is 47.3 Å². The number of likely N-dealkylation sites (tertiary alicyclic amines) is 1. The predicted octanol–water partition coefficient (Wildman–Crippen LogP) is 2.68. The number of rotatable bonds is 8. The average Bonchev–Trinajstić information content (AvgIpc) is 3.30. The van der Waals surface area contributed by atoms with Gasteiger partial charge in [-0.1, -0.05) is 19.8 Å². The van der Waals surface area contributed by atoms with Crippen LogP contribution in [-0.4, -0.2) is 75.0 Å². The van der Waals surface area contributed by atoms with E-state index in [1.165, 1.54) is 32.1 Å². The highest BCUT2D eigenvalue weighted by Gasteiger charge is 2.32. The first-order valence-electron chi connectivity index (χ1n) is 10.4. The predicted molar refractivity (Wildman–Crippen MR) is 124 cm³/mol. The lowest BCUT2D eigenvalue weighted by molar-refractivity contribution is -0.133. The zero-order valence-corrected chi connectivity index (χ0v) is 20.1. The first-order valence-corrected chi connectivity index (χ1v) is 10.4.